The minimum Gasteiger partial charge on any atom is -0.363 e. The van der Waals surface area contributed by atoms with E-state index in [1.807, 2.05) is 0 Å². The summed E-state index contributed by atoms with van der Waals surface area (Å²) in [6.45, 7) is 6.99. The maximum absolute atomic E-state index is 4.63. The van der Waals surface area contributed by atoms with E-state index >= 15 is 0 Å². The van der Waals surface area contributed by atoms with E-state index in [0.717, 1.165) is 5.82 Å². The Morgan fingerprint density at radius 2 is 2.15 bits per heavy atom. The zero-order chi connectivity index (χ0) is 14.5. The van der Waals surface area contributed by atoms with Crippen molar-refractivity contribution in [3.05, 3.63) is 23.4 Å². The average Bonchev–Trinajstić information content (AvgIpc) is 2.45. The SMILES string of the molecule is CCCCN1CCCCC1c1cnc(N(C)C)cc1C. The second-order valence-electron chi connectivity index (χ2n) is 6.19. The fourth-order valence-electron chi connectivity index (χ4n) is 3.12. The largest absolute Gasteiger partial charge is 0.363 e. The molecule has 0 amide bonds. The molecule has 20 heavy (non-hydrogen) atoms. The molecule has 1 aromatic rings. The van der Waals surface area contributed by atoms with Crippen LogP contribution < -0.4 is 4.90 Å². The molecule has 1 saturated heterocycles. The molecular weight excluding hydrogens is 246 g/mol. The molecule has 3 heteroatoms. The molecule has 0 spiro atoms. The van der Waals surface area contributed by atoms with Crippen molar-refractivity contribution in [3.8, 4) is 0 Å². The van der Waals surface area contributed by atoms with Crippen molar-refractivity contribution in [3.63, 3.8) is 0 Å². The van der Waals surface area contributed by atoms with Crippen LogP contribution in [0.2, 0.25) is 0 Å². The number of unbranched alkanes of at least 4 members (excludes halogenated alkanes) is 1. The Balaban J connectivity index is 2.19. The molecule has 1 fully saturated rings. The summed E-state index contributed by atoms with van der Waals surface area (Å²) in [5.74, 6) is 1.06. The van der Waals surface area contributed by atoms with Gasteiger partial charge in [-0.05, 0) is 56.5 Å². The van der Waals surface area contributed by atoms with Gasteiger partial charge in [0.05, 0.1) is 0 Å². The topological polar surface area (TPSA) is 19.4 Å². The molecule has 0 aromatic carbocycles. The van der Waals surface area contributed by atoms with E-state index < -0.39 is 0 Å². The summed E-state index contributed by atoms with van der Waals surface area (Å²) in [4.78, 5) is 9.38. The lowest BCUT2D eigenvalue weighted by atomic mass is 9.93. The molecule has 2 heterocycles. The smallest absolute Gasteiger partial charge is 0.128 e. The predicted octanol–water partition coefficient (Wildman–Crippen LogP) is 3.78. The number of pyridine rings is 1. The van der Waals surface area contributed by atoms with Crippen molar-refractivity contribution < 1.29 is 0 Å². The fraction of sp³-hybridized carbons (Fsp3) is 0.706. The summed E-state index contributed by atoms with van der Waals surface area (Å²) < 4.78 is 0. The number of likely N-dealkylation sites (tertiary alicyclic amines) is 1. The first kappa shape index (κ1) is 15.3. The number of aromatic nitrogens is 1. The molecule has 112 valence electrons. The van der Waals surface area contributed by atoms with E-state index in [9.17, 15) is 0 Å². The second kappa shape index (κ2) is 7.07. The van der Waals surface area contributed by atoms with Crippen LogP contribution in [0.3, 0.4) is 0 Å². The highest BCUT2D eigenvalue weighted by molar-refractivity contribution is 5.42. The van der Waals surface area contributed by atoms with Gasteiger partial charge in [0.15, 0.2) is 0 Å². The van der Waals surface area contributed by atoms with Gasteiger partial charge in [-0.25, -0.2) is 4.98 Å². The Hall–Kier alpha value is -1.09. The van der Waals surface area contributed by atoms with Crippen molar-refractivity contribution in [1.29, 1.82) is 0 Å². The third-order valence-electron chi connectivity index (χ3n) is 4.37. The van der Waals surface area contributed by atoms with Gasteiger partial charge in [0.1, 0.15) is 5.82 Å². The van der Waals surface area contributed by atoms with Crippen molar-refractivity contribution in [2.45, 2.75) is 52.0 Å². The number of rotatable bonds is 5. The highest BCUT2D eigenvalue weighted by atomic mass is 15.2. The molecule has 1 aromatic heterocycles. The van der Waals surface area contributed by atoms with Crippen molar-refractivity contribution >= 4 is 5.82 Å². The monoisotopic (exact) mass is 275 g/mol. The fourth-order valence-corrected chi connectivity index (χ4v) is 3.12. The van der Waals surface area contributed by atoms with Crippen molar-refractivity contribution in [1.82, 2.24) is 9.88 Å². The van der Waals surface area contributed by atoms with Crippen LogP contribution in [0.5, 0.6) is 0 Å². The molecule has 1 unspecified atom stereocenters. The van der Waals surface area contributed by atoms with Crippen LogP contribution in [-0.4, -0.2) is 37.1 Å². The maximum atomic E-state index is 4.63. The molecule has 0 bridgehead atoms. The summed E-state index contributed by atoms with van der Waals surface area (Å²) in [6.07, 6.45) is 8.68. The van der Waals surface area contributed by atoms with Gasteiger partial charge < -0.3 is 4.90 Å². The summed E-state index contributed by atoms with van der Waals surface area (Å²) in [5.41, 5.74) is 2.82. The van der Waals surface area contributed by atoms with E-state index in [-0.39, 0.29) is 0 Å². The van der Waals surface area contributed by atoms with E-state index in [1.165, 1.54) is 56.3 Å². The van der Waals surface area contributed by atoms with Gasteiger partial charge in [0.2, 0.25) is 0 Å². The Morgan fingerprint density at radius 3 is 2.80 bits per heavy atom. The Morgan fingerprint density at radius 1 is 1.35 bits per heavy atom. The lowest BCUT2D eigenvalue weighted by Crippen LogP contribution is -2.34. The zero-order valence-electron chi connectivity index (χ0n) is 13.5. The zero-order valence-corrected chi connectivity index (χ0v) is 13.5. The van der Waals surface area contributed by atoms with E-state index in [1.54, 1.807) is 0 Å². The van der Waals surface area contributed by atoms with E-state index in [4.69, 9.17) is 0 Å². The normalized spacial score (nSPS) is 20.1. The number of anilines is 1. The van der Waals surface area contributed by atoms with Crippen molar-refractivity contribution in [2.24, 2.45) is 0 Å². The molecule has 1 aliphatic heterocycles. The number of aryl methyl sites for hydroxylation is 1. The van der Waals surface area contributed by atoms with Crippen LogP contribution in [-0.2, 0) is 0 Å². The van der Waals surface area contributed by atoms with Gasteiger partial charge in [0.25, 0.3) is 0 Å². The molecule has 2 rings (SSSR count). The standard InChI is InChI=1S/C17H29N3/c1-5-6-10-20-11-8-7-9-16(20)15-13-18-17(19(3)4)12-14(15)2/h12-13,16H,5-11H2,1-4H3. The molecular formula is C17H29N3. The minimum atomic E-state index is 0.582. The number of piperidine rings is 1. The third kappa shape index (κ3) is 3.51. The Labute approximate surface area is 124 Å². The minimum absolute atomic E-state index is 0.582. The van der Waals surface area contributed by atoms with Gasteiger partial charge >= 0.3 is 0 Å². The number of nitrogens with zero attached hydrogens (tertiary/aromatic N) is 3. The molecule has 0 radical (unpaired) electrons. The Bertz CT molecular complexity index is 428. The van der Waals surface area contributed by atoms with E-state index in [0.29, 0.717) is 6.04 Å². The van der Waals surface area contributed by atoms with Gasteiger partial charge in [-0.15, -0.1) is 0 Å². The lowest BCUT2D eigenvalue weighted by Gasteiger charge is -2.36. The molecule has 0 N–H and O–H groups in total. The maximum Gasteiger partial charge on any atom is 0.128 e. The summed E-state index contributed by atoms with van der Waals surface area (Å²) in [7, 11) is 4.10. The lowest BCUT2D eigenvalue weighted by molar-refractivity contribution is 0.146. The van der Waals surface area contributed by atoms with Crippen LogP contribution in [0.1, 0.15) is 56.2 Å². The van der Waals surface area contributed by atoms with Crippen LogP contribution >= 0.6 is 0 Å². The second-order valence-corrected chi connectivity index (χ2v) is 6.19. The van der Waals surface area contributed by atoms with Gasteiger partial charge in [-0.3, -0.25) is 4.90 Å². The summed E-state index contributed by atoms with van der Waals surface area (Å²) >= 11 is 0. The third-order valence-corrected chi connectivity index (χ3v) is 4.37. The molecule has 1 aliphatic rings. The number of hydrogen-bond acceptors (Lipinski definition) is 3. The predicted molar refractivity (Wildman–Crippen MR) is 86.4 cm³/mol. The van der Waals surface area contributed by atoms with Crippen LogP contribution in [0.4, 0.5) is 5.82 Å². The molecule has 3 nitrogen and oxygen atoms in total. The molecule has 1 atom stereocenters. The first-order chi connectivity index (χ1) is 9.63. The average molecular weight is 275 g/mol. The van der Waals surface area contributed by atoms with Gasteiger partial charge in [-0.2, -0.15) is 0 Å². The summed E-state index contributed by atoms with van der Waals surface area (Å²) in [5, 5.41) is 0. The first-order valence-corrected chi connectivity index (χ1v) is 8.01. The van der Waals surface area contributed by atoms with E-state index in [2.05, 4.69) is 55.0 Å². The van der Waals surface area contributed by atoms with Crippen LogP contribution in [0, 0.1) is 6.92 Å². The molecule has 0 saturated carbocycles. The van der Waals surface area contributed by atoms with Crippen LogP contribution in [0.25, 0.3) is 0 Å². The highest BCUT2D eigenvalue weighted by Gasteiger charge is 2.25. The highest BCUT2D eigenvalue weighted by Crippen LogP contribution is 2.33. The molecule has 0 aliphatic carbocycles. The quantitative estimate of drug-likeness (QED) is 0.815. The van der Waals surface area contributed by atoms with Crippen molar-refractivity contribution in [2.75, 3.05) is 32.1 Å². The van der Waals surface area contributed by atoms with Gasteiger partial charge in [0, 0.05) is 26.3 Å². The number of hydrogen-bond donors (Lipinski definition) is 0. The first-order valence-electron chi connectivity index (χ1n) is 8.01. The van der Waals surface area contributed by atoms with Gasteiger partial charge in [-0.1, -0.05) is 19.8 Å². The van der Waals surface area contributed by atoms with Crippen LogP contribution in [0.15, 0.2) is 12.3 Å². The summed E-state index contributed by atoms with van der Waals surface area (Å²) in [6, 6.07) is 2.81. The Kier molecular flexibility index (Phi) is 5.41.